The average Bonchev–Trinajstić information content (AvgIpc) is 2.92. The van der Waals surface area contributed by atoms with Gasteiger partial charge in [-0.3, -0.25) is 14.4 Å². The van der Waals surface area contributed by atoms with Crippen LogP contribution in [0.3, 0.4) is 0 Å². The van der Waals surface area contributed by atoms with E-state index in [0.717, 1.165) is 5.56 Å². The van der Waals surface area contributed by atoms with E-state index >= 15 is 0 Å². The summed E-state index contributed by atoms with van der Waals surface area (Å²) in [6, 6.07) is 3.10. The van der Waals surface area contributed by atoms with Crippen molar-refractivity contribution in [3.63, 3.8) is 0 Å². The molecule has 1 aliphatic heterocycles. The lowest BCUT2D eigenvalue weighted by Gasteiger charge is -2.30. The minimum Gasteiger partial charge on any atom is -0.508 e. The molecule has 12 nitrogen and oxygen atoms in total. The third kappa shape index (κ3) is 13.3. The highest BCUT2D eigenvalue weighted by atomic mass is 16.6. The zero-order chi connectivity index (χ0) is 33.0. The number of aliphatic hydroxyl groups is 1. The predicted octanol–water partition coefficient (Wildman–Crippen LogP) is 2.67. The van der Waals surface area contributed by atoms with Gasteiger partial charge in [-0.1, -0.05) is 45.9 Å². The second-order valence-corrected chi connectivity index (χ2v) is 12.9. The molecule has 1 unspecified atom stereocenters. The summed E-state index contributed by atoms with van der Waals surface area (Å²) in [5.41, 5.74) is 0.126. The minimum absolute atomic E-state index is 0.126. The number of amides is 4. The molecule has 1 aromatic carbocycles. The third-order valence-electron chi connectivity index (χ3n) is 6.89. The number of hydrogen-bond acceptors (Lipinski definition) is 8. The number of phenols is 1. The normalized spacial score (nSPS) is 23.0. The zero-order valence-corrected chi connectivity index (χ0v) is 26.9. The van der Waals surface area contributed by atoms with Gasteiger partial charge in [0.25, 0.3) is 0 Å². The summed E-state index contributed by atoms with van der Waals surface area (Å²) in [6.45, 7) is 12.5. The average molecular weight is 619 g/mol. The van der Waals surface area contributed by atoms with E-state index in [-0.39, 0.29) is 24.2 Å². The van der Waals surface area contributed by atoms with Gasteiger partial charge in [-0.2, -0.15) is 0 Å². The molecular formula is C32H50N4O8. The van der Waals surface area contributed by atoms with Crippen LogP contribution in [-0.2, 0) is 30.3 Å². The molecule has 12 heteroatoms. The summed E-state index contributed by atoms with van der Waals surface area (Å²) in [7, 11) is 0. The number of phenolic OH excluding ortho intramolecular Hbond substituents is 1. The standard InChI is InChI=1S/C32H50N4O8/c1-19(2)8-15-24(35-31(42)44-32(5,6)7)28(39)33-22-12-17-26(38)36-27(20(3)4)29(40)34-25(30(41)43-18-22)16-11-21-9-13-23(37)14-10-21/h9-10,12-14,17,19-20,22,24-25,27,30,37,41H,8,11,15-16,18H2,1-7H3,(H,33,39)(H,34,40)(H,35,42)(H,36,38)/b17-12+/t22-,24+,25+,27+,30?/m1/s1. The maximum Gasteiger partial charge on any atom is 0.408 e. The fourth-order valence-electron chi connectivity index (χ4n) is 4.45. The van der Waals surface area contributed by atoms with Crippen LogP contribution in [0.25, 0.3) is 0 Å². The lowest BCUT2D eigenvalue weighted by molar-refractivity contribution is -0.142. The Hall–Kier alpha value is -3.64. The molecule has 0 spiro atoms. The van der Waals surface area contributed by atoms with E-state index in [2.05, 4.69) is 21.3 Å². The molecule has 6 N–H and O–H groups in total. The van der Waals surface area contributed by atoms with Crippen LogP contribution in [0, 0.1) is 11.8 Å². The van der Waals surface area contributed by atoms with Crippen LogP contribution in [-0.4, -0.2) is 76.7 Å². The van der Waals surface area contributed by atoms with E-state index < -0.39 is 59.9 Å². The highest BCUT2D eigenvalue weighted by Gasteiger charge is 2.31. The van der Waals surface area contributed by atoms with Gasteiger partial charge < -0.3 is 41.0 Å². The van der Waals surface area contributed by atoms with Crippen molar-refractivity contribution in [2.45, 2.75) is 110 Å². The number of aromatic hydroxyl groups is 1. The molecule has 0 fully saturated rings. The van der Waals surface area contributed by atoms with Gasteiger partial charge in [0, 0.05) is 6.08 Å². The van der Waals surface area contributed by atoms with Crippen molar-refractivity contribution >= 4 is 23.8 Å². The summed E-state index contributed by atoms with van der Waals surface area (Å²) in [5, 5.41) is 31.6. The van der Waals surface area contributed by atoms with Crippen LogP contribution in [0.2, 0.25) is 0 Å². The van der Waals surface area contributed by atoms with Crippen molar-refractivity contribution in [1.29, 1.82) is 0 Å². The Labute approximate surface area is 260 Å². The quantitative estimate of drug-likeness (QED) is 0.232. The molecule has 0 bridgehead atoms. The first-order valence-corrected chi connectivity index (χ1v) is 15.2. The lowest BCUT2D eigenvalue weighted by Crippen LogP contribution is -2.56. The number of nitrogens with one attached hydrogen (secondary N) is 4. The predicted molar refractivity (Wildman–Crippen MR) is 165 cm³/mol. The molecule has 0 radical (unpaired) electrons. The van der Waals surface area contributed by atoms with E-state index in [1.165, 1.54) is 12.2 Å². The fraction of sp³-hybridized carbons (Fsp3) is 0.625. The molecule has 0 aliphatic carbocycles. The van der Waals surface area contributed by atoms with Gasteiger partial charge >= 0.3 is 6.09 Å². The highest BCUT2D eigenvalue weighted by Crippen LogP contribution is 2.15. The number of hydrogen-bond donors (Lipinski definition) is 6. The summed E-state index contributed by atoms with van der Waals surface area (Å²) >= 11 is 0. The van der Waals surface area contributed by atoms with Gasteiger partial charge in [0.05, 0.1) is 18.7 Å². The summed E-state index contributed by atoms with van der Waals surface area (Å²) < 4.78 is 11.1. The summed E-state index contributed by atoms with van der Waals surface area (Å²) in [4.78, 5) is 51.8. The SMILES string of the molecule is CC(C)CC[C@H](NC(=O)OC(C)(C)C)C(=O)N[C@@H]1/C=C/C(=O)N[C@@H](C(C)C)C(=O)N[C@@H](CCc2ccc(O)cc2)C(O)OC1. The third-order valence-corrected chi connectivity index (χ3v) is 6.89. The number of benzene rings is 1. The number of ether oxygens (including phenoxy) is 2. The van der Waals surface area contributed by atoms with Gasteiger partial charge in [-0.05, 0) is 76.0 Å². The van der Waals surface area contributed by atoms with Crippen molar-refractivity contribution in [2.75, 3.05) is 6.61 Å². The Morgan fingerprint density at radius 3 is 2.32 bits per heavy atom. The van der Waals surface area contributed by atoms with Crippen LogP contribution in [0.5, 0.6) is 5.75 Å². The molecule has 1 aromatic rings. The minimum atomic E-state index is -1.44. The Balaban J connectivity index is 2.26. The Bertz CT molecular complexity index is 1130. The number of aliphatic hydroxyl groups excluding tert-OH is 1. The molecule has 4 amide bonds. The number of alkyl carbamates (subject to hydrolysis) is 1. The van der Waals surface area contributed by atoms with Crippen LogP contribution in [0.1, 0.15) is 73.3 Å². The van der Waals surface area contributed by atoms with Crippen LogP contribution < -0.4 is 21.3 Å². The van der Waals surface area contributed by atoms with Crippen LogP contribution in [0.15, 0.2) is 36.4 Å². The van der Waals surface area contributed by atoms with Crippen molar-refractivity contribution in [2.24, 2.45) is 11.8 Å². The lowest BCUT2D eigenvalue weighted by atomic mass is 10.0. The Morgan fingerprint density at radius 1 is 1.07 bits per heavy atom. The first-order valence-electron chi connectivity index (χ1n) is 15.2. The van der Waals surface area contributed by atoms with Gasteiger partial charge in [-0.25, -0.2) is 4.79 Å². The first kappa shape index (κ1) is 36.6. The maximum atomic E-state index is 13.4. The first-order chi connectivity index (χ1) is 20.5. The topological polar surface area (TPSA) is 175 Å². The molecule has 44 heavy (non-hydrogen) atoms. The molecule has 0 saturated heterocycles. The van der Waals surface area contributed by atoms with Gasteiger partial charge in [0.15, 0.2) is 6.29 Å². The monoisotopic (exact) mass is 618 g/mol. The van der Waals surface area contributed by atoms with Crippen molar-refractivity contribution < 1.29 is 38.9 Å². The highest BCUT2D eigenvalue weighted by molar-refractivity contribution is 5.93. The molecule has 246 valence electrons. The van der Waals surface area contributed by atoms with E-state index in [1.807, 2.05) is 13.8 Å². The number of carbonyl (C=O) groups is 4. The zero-order valence-electron chi connectivity index (χ0n) is 26.9. The molecular weight excluding hydrogens is 568 g/mol. The molecule has 5 atom stereocenters. The summed E-state index contributed by atoms with van der Waals surface area (Å²) in [5.74, 6) is -1.37. The van der Waals surface area contributed by atoms with Crippen molar-refractivity contribution in [1.82, 2.24) is 21.3 Å². The second kappa shape index (κ2) is 17.0. The van der Waals surface area contributed by atoms with E-state index in [4.69, 9.17) is 9.47 Å². The van der Waals surface area contributed by atoms with Gasteiger partial charge in [0.1, 0.15) is 23.4 Å². The molecule has 2 rings (SSSR count). The maximum absolute atomic E-state index is 13.4. The molecule has 0 saturated carbocycles. The van der Waals surface area contributed by atoms with Crippen LogP contribution in [0.4, 0.5) is 4.79 Å². The van der Waals surface area contributed by atoms with E-state index in [0.29, 0.717) is 25.7 Å². The molecule has 1 heterocycles. The number of rotatable bonds is 10. The molecule has 0 aromatic heterocycles. The van der Waals surface area contributed by atoms with E-state index in [1.54, 1.807) is 58.9 Å². The van der Waals surface area contributed by atoms with Gasteiger partial charge in [-0.15, -0.1) is 0 Å². The molecule has 1 aliphatic rings. The van der Waals surface area contributed by atoms with Crippen LogP contribution >= 0.6 is 0 Å². The Morgan fingerprint density at radius 2 is 1.73 bits per heavy atom. The smallest absolute Gasteiger partial charge is 0.408 e. The summed E-state index contributed by atoms with van der Waals surface area (Å²) in [6.07, 6.45) is 2.22. The number of carbonyl (C=O) groups excluding carboxylic acids is 4. The second-order valence-electron chi connectivity index (χ2n) is 12.9. The van der Waals surface area contributed by atoms with Crippen molar-refractivity contribution in [3.05, 3.63) is 42.0 Å². The fourth-order valence-corrected chi connectivity index (χ4v) is 4.45. The van der Waals surface area contributed by atoms with Gasteiger partial charge in [0.2, 0.25) is 17.7 Å². The largest absolute Gasteiger partial charge is 0.508 e. The number of aryl methyl sites for hydroxylation is 1. The van der Waals surface area contributed by atoms with E-state index in [9.17, 15) is 29.4 Å². The van der Waals surface area contributed by atoms with Crippen molar-refractivity contribution in [3.8, 4) is 5.75 Å². The Kier molecular flexibility index (Phi) is 14.1.